The Hall–Kier alpha value is -1.54. The van der Waals surface area contributed by atoms with Crippen molar-refractivity contribution in [2.75, 3.05) is 19.3 Å². The summed E-state index contributed by atoms with van der Waals surface area (Å²) in [5.74, 6) is -0.0740. The summed E-state index contributed by atoms with van der Waals surface area (Å²) in [4.78, 5) is 14.9. The topological polar surface area (TPSA) is 70.1 Å². The van der Waals surface area contributed by atoms with E-state index in [0.717, 1.165) is 4.88 Å². The third-order valence-electron chi connectivity index (χ3n) is 2.07. The summed E-state index contributed by atoms with van der Waals surface area (Å²) < 4.78 is 0. The Balaban J connectivity index is 2.72. The molecule has 5 heteroatoms. The second kappa shape index (κ2) is 4.80. The molecule has 0 fully saturated rings. The van der Waals surface area contributed by atoms with Crippen molar-refractivity contribution in [3.05, 3.63) is 15.8 Å². The van der Waals surface area contributed by atoms with Crippen LogP contribution in [-0.2, 0) is 0 Å². The lowest BCUT2D eigenvalue weighted by Gasteiger charge is -2.13. The van der Waals surface area contributed by atoms with Gasteiger partial charge in [-0.3, -0.25) is 4.79 Å². The number of hydrogen-bond acceptors (Lipinski definition) is 4. The molecular formula is C10H13N3OS. The van der Waals surface area contributed by atoms with E-state index >= 15 is 0 Å². The molecule has 0 atom stereocenters. The summed E-state index contributed by atoms with van der Waals surface area (Å²) in [6.07, 6.45) is 0.349. The predicted octanol–water partition coefficient (Wildman–Crippen LogP) is 1.62. The molecule has 4 nitrogen and oxygen atoms in total. The zero-order chi connectivity index (χ0) is 11.4. The molecule has 0 bridgehead atoms. The Labute approximate surface area is 92.9 Å². The number of nitrogens with zero attached hydrogens (tertiary/aromatic N) is 2. The molecule has 1 rings (SSSR count). The van der Waals surface area contributed by atoms with E-state index in [2.05, 4.69) is 0 Å². The van der Waals surface area contributed by atoms with Crippen molar-refractivity contribution in [2.45, 2.75) is 13.3 Å². The number of aryl methyl sites for hydroxylation is 1. The third kappa shape index (κ3) is 2.70. The van der Waals surface area contributed by atoms with Gasteiger partial charge in [-0.2, -0.15) is 5.26 Å². The van der Waals surface area contributed by atoms with E-state index in [4.69, 9.17) is 11.0 Å². The number of nitrogen functional groups attached to an aromatic ring is 1. The lowest BCUT2D eigenvalue weighted by Crippen LogP contribution is -2.26. The van der Waals surface area contributed by atoms with Gasteiger partial charge in [0.15, 0.2) is 0 Å². The average Bonchev–Trinajstić information content (AvgIpc) is 2.54. The zero-order valence-corrected chi connectivity index (χ0v) is 9.60. The first-order valence-electron chi connectivity index (χ1n) is 4.54. The number of carbonyl (C=O) groups is 1. The van der Waals surface area contributed by atoms with Crippen LogP contribution in [0.15, 0.2) is 6.07 Å². The van der Waals surface area contributed by atoms with Crippen LogP contribution in [0.2, 0.25) is 0 Å². The van der Waals surface area contributed by atoms with Gasteiger partial charge >= 0.3 is 0 Å². The predicted molar refractivity (Wildman–Crippen MR) is 60.7 cm³/mol. The first-order valence-corrected chi connectivity index (χ1v) is 5.36. The van der Waals surface area contributed by atoms with Gasteiger partial charge in [0.2, 0.25) is 0 Å². The number of amides is 1. The summed E-state index contributed by atoms with van der Waals surface area (Å²) in [5, 5.41) is 8.41. The molecule has 15 heavy (non-hydrogen) atoms. The van der Waals surface area contributed by atoms with Crippen LogP contribution in [0.1, 0.15) is 21.0 Å². The monoisotopic (exact) mass is 223 g/mol. The van der Waals surface area contributed by atoms with Gasteiger partial charge in [-0.15, -0.1) is 11.3 Å². The van der Waals surface area contributed by atoms with Gasteiger partial charge in [-0.1, -0.05) is 0 Å². The van der Waals surface area contributed by atoms with Gasteiger partial charge < -0.3 is 10.6 Å². The van der Waals surface area contributed by atoms with E-state index in [1.54, 1.807) is 13.1 Å². The maximum Gasteiger partial charge on any atom is 0.263 e. The first kappa shape index (κ1) is 11.5. The highest BCUT2D eigenvalue weighted by atomic mass is 32.1. The van der Waals surface area contributed by atoms with Crippen molar-refractivity contribution in [2.24, 2.45) is 0 Å². The summed E-state index contributed by atoms with van der Waals surface area (Å²) in [6.45, 7) is 2.33. The molecule has 0 saturated heterocycles. The number of nitriles is 1. The number of anilines is 1. The van der Waals surface area contributed by atoms with Crippen LogP contribution >= 0.6 is 11.3 Å². The Morgan fingerprint density at radius 3 is 2.87 bits per heavy atom. The van der Waals surface area contributed by atoms with Crippen molar-refractivity contribution in [3.8, 4) is 6.07 Å². The number of rotatable bonds is 3. The number of thiophene rings is 1. The van der Waals surface area contributed by atoms with Crippen LogP contribution in [0.25, 0.3) is 0 Å². The second-order valence-electron chi connectivity index (χ2n) is 3.26. The van der Waals surface area contributed by atoms with E-state index in [0.29, 0.717) is 23.5 Å². The molecule has 0 unspecified atom stereocenters. The minimum atomic E-state index is -0.0740. The average molecular weight is 223 g/mol. The summed E-state index contributed by atoms with van der Waals surface area (Å²) >= 11 is 1.39. The van der Waals surface area contributed by atoms with Crippen LogP contribution in [0, 0.1) is 18.3 Å². The van der Waals surface area contributed by atoms with Crippen LogP contribution in [0.5, 0.6) is 0 Å². The fraction of sp³-hybridized carbons (Fsp3) is 0.400. The van der Waals surface area contributed by atoms with E-state index in [1.165, 1.54) is 16.2 Å². The van der Waals surface area contributed by atoms with Gasteiger partial charge in [-0.05, 0) is 13.0 Å². The quantitative estimate of drug-likeness (QED) is 0.846. The minimum Gasteiger partial charge on any atom is -0.398 e. The van der Waals surface area contributed by atoms with Crippen molar-refractivity contribution < 1.29 is 4.79 Å². The van der Waals surface area contributed by atoms with Gasteiger partial charge in [0, 0.05) is 24.2 Å². The lowest BCUT2D eigenvalue weighted by molar-refractivity contribution is 0.0803. The third-order valence-corrected chi connectivity index (χ3v) is 3.13. The van der Waals surface area contributed by atoms with Crippen LogP contribution in [-0.4, -0.2) is 24.4 Å². The maximum absolute atomic E-state index is 11.8. The van der Waals surface area contributed by atoms with Crippen LogP contribution in [0.4, 0.5) is 5.69 Å². The Bertz CT molecular complexity index is 386. The molecule has 80 valence electrons. The molecule has 1 amide bonds. The van der Waals surface area contributed by atoms with Crippen LogP contribution < -0.4 is 5.73 Å². The minimum absolute atomic E-state index is 0.0740. The van der Waals surface area contributed by atoms with Crippen molar-refractivity contribution in [1.82, 2.24) is 4.90 Å². The molecular weight excluding hydrogens is 210 g/mol. The smallest absolute Gasteiger partial charge is 0.263 e. The fourth-order valence-corrected chi connectivity index (χ4v) is 2.04. The Morgan fingerprint density at radius 1 is 1.73 bits per heavy atom. The van der Waals surface area contributed by atoms with Gasteiger partial charge in [0.05, 0.1) is 17.4 Å². The van der Waals surface area contributed by atoms with Crippen molar-refractivity contribution in [3.63, 3.8) is 0 Å². The first-order chi connectivity index (χ1) is 7.06. The normalized spacial score (nSPS) is 9.67. The highest BCUT2D eigenvalue weighted by Gasteiger charge is 2.14. The van der Waals surface area contributed by atoms with E-state index in [1.807, 2.05) is 13.0 Å². The molecule has 0 aliphatic heterocycles. The number of nitrogens with two attached hydrogens (primary N) is 1. The molecule has 1 aromatic rings. The Kier molecular flexibility index (Phi) is 3.69. The summed E-state index contributed by atoms with van der Waals surface area (Å²) in [7, 11) is 1.69. The van der Waals surface area contributed by atoms with E-state index in [-0.39, 0.29) is 5.91 Å². The molecule has 2 N–H and O–H groups in total. The standard InChI is InChI=1S/C10H13N3OS/c1-7-8(12)6-9(15-7)10(14)13(2)5-3-4-11/h6H,3,5,12H2,1-2H3. The largest absolute Gasteiger partial charge is 0.398 e. The number of carbonyl (C=O) groups excluding carboxylic acids is 1. The van der Waals surface area contributed by atoms with Crippen molar-refractivity contribution in [1.29, 1.82) is 5.26 Å². The second-order valence-corrected chi connectivity index (χ2v) is 4.51. The molecule has 0 spiro atoms. The van der Waals surface area contributed by atoms with Crippen LogP contribution in [0.3, 0.4) is 0 Å². The molecule has 0 aromatic carbocycles. The van der Waals surface area contributed by atoms with E-state index in [9.17, 15) is 4.79 Å². The number of hydrogen-bond donors (Lipinski definition) is 1. The van der Waals surface area contributed by atoms with Gasteiger partial charge in [0.1, 0.15) is 0 Å². The van der Waals surface area contributed by atoms with Gasteiger partial charge in [-0.25, -0.2) is 0 Å². The molecule has 0 saturated carbocycles. The maximum atomic E-state index is 11.8. The van der Waals surface area contributed by atoms with E-state index < -0.39 is 0 Å². The fourth-order valence-electron chi connectivity index (χ4n) is 1.11. The Morgan fingerprint density at radius 2 is 2.40 bits per heavy atom. The highest BCUT2D eigenvalue weighted by Crippen LogP contribution is 2.24. The molecule has 1 aromatic heterocycles. The zero-order valence-electron chi connectivity index (χ0n) is 8.78. The molecule has 0 radical (unpaired) electrons. The SMILES string of the molecule is Cc1sc(C(=O)N(C)CCC#N)cc1N. The molecule has 1 heterocycles. The lowest BCUT2D eigenvalue weighted by atomic mass is 10.3. The van der Waals surface area contributed by atoms with Crippen molar-refractivity contribution >= 4 is 22.9 Å². The molecule has 0 aliphatic carbocycles. The van der Waals surface area contributed by atoms with Gasteiger partial charge in [0.25, 0.3) is 5.91 Å². The summed E-state index contributed by atoms with van der Waals surface area (Å²) in [6, 6.07) is 3.69. The molecule has 0 aliphatic rings. The highest BCUT2D eigenvalue weighted by molar-refractivity contribution is 7.14. The summed E-state index contributed by atoms with van der Waals surface area (Å²) in [5.41, 5.74) is 6.32.